The van der Waals surface area contributed by atoms with Crippen molar-refractivity contribution >= 4 is 11.6 Å². The zero-order valence-corrected chi connectivity index (χ0v) is 16.4. The first-order valence-corrected chi connectivity index (χ1v) is 9.51. The lowest BCUT2D eigenvalue weighted by Crippen LogP contribution is -2.19. The van der Waals surface area contributed by atoms with E-state index in [0.717, 1.165) is 22.4 Å². The topological polar surface area (TPSA) is 85.1 Å². The molecule has 0 spiro atoms. The molecule has 0 aliphatic rings. The van der Waals surface area contributed by atoms with Crippen LogP contribution >= 0.6 is 0 Å². The molecule has 0 aliphatic heterocycles. The van der Waals surface area contributed by atoms with Crippen molar-refractivity contribution in [3.05, 3.63) is 102 Å². The van der Waals surface area contributed by atoms with Gasteiger partial charge in [-0.2, -0.15) is 9.90 Å². The molecule has 1 amide bonds. The second-order valence-electron chi connectivity index (χ2n) is 6.71. The Kier molecular flexibility index (Phi) is 5.70. The number of nitrogens with zero attached hydrogens (tertiary/aromatic N) is 5. The molecule has 0 saturated heterocycles. The Balaban J connectivity index is 1.38. The van der Waals surface area contributed by atoms with E-state index in [1.165, 1.54) is 4.80 Å². The van der Waals surface area contributed by atoms with Gasteiger partial charge in [-0.3, -0.25) is 4.79 Å². The van der Waals surface area contributed by atoms with Crippen LogP contribution in [0.5, 0.6) is 0 Å². The molecular formula is C23H20N6O. The quantitative estimate of drug-likeness (QED) is 0.399. The number of benzene rings is 3. The van der Waals surface area contributed by atoms with Crippen molar-refractivity contribution < 1.29 is 4.79 Å². The molecule has 0 unspecified atom stereocenters. The van der Waals surface area contributed by atoms with Crippen molar-refractivity contribution in [3.63, 3.8) is 0 Å². The summed E-state index contributed by atoms with van der Waals surface area (Å²) < 4.78 is 0. The third-order valence-electron chi connectivity index (χ3n) is 4.54. The van der Waals surface area contributed by atoms with Crippen LogP contribution in [0.15, 0.2) is 90.0 Å². The van der Waals surface area contributed by atoms with Gasteiger partial charge in [0.2, 0.25) is 5.82 Å². The van der Waals surface area contributed by atoms with Crippen LogP contribution in [-0.4, -0.2) is 31.8 Å². The lowest BCUT2D eigenvalue weighted by atomic mass is 10.1. The Morgan fingerprint density at radius 1 is 0.900 bits per heavy atom. The fourth-order valence-corrected chi connectivity index (χ4v) is 2.88. The Labute approximate surface area is 174 Å². The molecular weight excluding hydrogens is 376 g/mol. The van der Waals surface area contributed by atoms with Crippen molar-refractivity contribution in [2.24, 2.45) is 5.10 Å². The summed E-state index contributed by atoms with van der Waals surface area (Å²) in [6.45, 7) is 2.32. The monoisotopic (exact) mass is 396 g/mol. The Hall–Kier alpha value is -4.13. The minimum Gasteiger partial charge on any atom is -0.267 e. The fourth-order valence-electron chi connectivity index (χ4n) is 2.88. The first-order chi connectivity index (χ1) is 14.7. The largest absolute Gasteiger partial charge is 0.271 e. The number of tetrazole rings is 1. The lowest BCUT2D eigenvalue weighted by Gasteiger charge is -2.04. The third kappa shape index (κ3) is 4.64. The molecule has 1 N–H and O–H groups in total. The van der Waals surface area contributed by atoms with E-state index in [0.29, 0.717) is 17.9 Å². The van der Waals surface area contributed by atoms with Crippen LogP contribution in [0.4, 0.5) is 0 Å². The maximum Gasteiger partial charge on any atom is 0.271 e. The van der Waals surface area contributed by atoms with Gasteiger partial charge < -0.3 is 0 Å². The van der Waals surface area contributed by atoms with E-state index in [1.54, 1.807) is 12.1 Å². The summed E-state index contributed by atoms with van der Waals surface area (Å²) in [5.41, 5.74) is 6.71. The van der Waals surface area contributed by atoms with Crippen LogP contribution in [0.1, 0.15) is 28.4 Å². The van der Waals surface area contributed by atoms with E-state index < -0.39 is 0 Å². The summed E-state index contributed by atoms with van der Waals surface area (Å²) in [7, 11) is 0. The number of carbonyl (C=O) groups is 1. The summed E-state index contributed by atoms with van der Waals surface area (Å²) in [6.07, 6.45) is 0. The van der Waals surface area contributed by atoms with E-state index in [-0.39, 0.29) is 5.91 Å². The molecule has 7 nitrogen and oxygen atoms in total. The van der Waals surface area contributed by atoms with E-state index in [2.05, 4.69) is 25.9 Å². The highest BCUT2D eigenvalue weighted by molar-refractivity contribution is 6.00. The van der Waals surface area contributed by atoms with Crippen LogP contribution in [0.3, 0.4) is 0 Å². The van der Waals surface area contributed by atoms with Gasteiger partial charge in [-0.15, -0.1) is 10.2 Å². The SMILES string of the molecule is C/C(=N/NC(=O)c1ccc(Cn2nnc(-c3ccccc3)n2)cc1)c1ccccc1. The van der Waals surface area contributed by atoms with E-state index in [9.17, 15) is 4.79 Å². The smallest absolute Gasteiger partial charge is 0.267 e. The van der Waals surface area contributed by atoms with Gasteiger partial charge in [0.25, 0.3) is 5.91 Å². The molecule has 0 aliphatic carbocycles. The third-order valence-corrected chi connectivity index (χ3v) is 4.54. The molecule has 4 aromatic rings. The van der Waals surface area contributed by atoms with Gasteiger partial charge in [0.1, 0.15) is 0 Å². The Morgan fingerprint density at radius 3 is 2.27 bits per heavy atom. The zero-order valence-electron chi connectivity index (χ0n) is 16.4. The first-order valence-electron chi connectivity index (χ1n) is 9.51. The van der Waals surface area contributed by atoms with Gasteiger partial charge in [0, 0.05) is 11.1 Å². The molecule has 0 saturated carbocycles. The standard InChI is InChI=1S/C23H20N6O/c1-17(19-8-4-2-5-9-19)24-26-23(30)21-14-12-18(13-15-21)16-29-27-22(25-28-29)20-10-6-3-7-11-20/h2-15H,16H2,1H3,(H,26,30)/b24-17-. The molecule has 148 valence electrons. The Bertz CT molecular complexity index is 1150. The Morgan fingerprint density at radius 2 is 1.57 bits per heavy atom. The molecule has 0 bridgehead atoms. The number of amides is 1. The summed E-state index contributed by atoms with van der Waals surface area (Å²) in [5.74, 6) is 0.320. The molecule has 0 radical (unpaired) electrons. The number of carbonyl (C=O) groups excluding carboxylic acids is 1. The lowest BCUT2D eigenvalue weighted by molar-refractivity contribution is 0.0955. The minimum absolute atomic E-state index is 0.262. The highest BCUT2D eigenvalue weighted by Crippen LogP contribution is 2.12. The predicted molar refractivity (Wildman–Crippen MR) is 115 cm³/mol. The van der Waals surface area contributed by atoms with Crippen LogP contribution < -0.4 is 5.43 Å². The second-order valence-corrected chi connectivity index (χ2v) is 6.71. The molecule has 0 atom stereocenters. The van der Waals surface area contributed by atoms with Crippen molar-refractivity contribution in [2.45, 2.75) is 13.5 Å². The highest BCUT2D eigenvalue weighted by atomic mass is 16.2. The minimum atomic E-state index is -0.262. The van der Waals surface area contributed by atoms with Gasteiger partial charge in [-0.05, 0) is 35.4 Å². The van der Waals surface area contributed by atoms with Gasteiger partial charge in [-0.25, -0.2) is 5.43 Å². The number of aromatic nitrogens is 4. The summed E-state index contributed by atoms with van der Waals surface area (Å²) in [4.78, 5) is 13.9. The normalized spacial score (nSPS) is 11.3. The van der Waals surface area contributed by atoms with Gasteiger partial charge in [0.15, 0.2) is 0 Å². The predicted octanol–water partition coefficient (Wildman–Crippen LogP) is 3.54. The van der Waals surface area contributed by atoms with E-state index in [4.69, 9.17) is 0 Å². The van der Waals surface area contributed by atoms with Crippen molar-refractivity contribution in [1.29, 1.82) is 0 Å². The number of hydrogen-bond donors (Lipinski definition) is 1. The molecule has 3 aromatic carbocycles. The molecule has 7 heteroatoms. The zero-order chi connectivity index (χ0) is 20.8. The number of rotatable bonds is 6. The molecule has 30 heavy (non-hydrogen) atoms. The second kappa shape index (κ2) is 8.91. The van der Waals surface area contributed by atoms with E-state index in [1.807, 2.05) is 79.7 Å². The van der Waals surface area contributed by atoms with Gasteiger partial charge in [0.05, 0.1) is 12.3 Å². The van der Waals surface area contributed by atoms with Gasteiger partial charge in [-0.1, -0.05) is 72.8 Å². The first kappa shape index (κ1) is 19.2. The maximum absolute atomic E-state index is 12.4. The summed E-state index contributed by atoms with van der Waals surface area (Å²) >= 11 is 0. The van der Waals surface area contributed by atoms with Crippen molar-refractivity contribution in [3.8, 4) is 11.4 Å². The van der Waals surface area contributed by atoms with Crippen molar-refractivity contribution in [1.82, 2.24) is 25.6 Å². The van der Waals surface area contributed by atoms with Gasteiger partial charge >= 0.3 is 0 Å². The number of hydrazone groups is 1. The maximum atomic E-state index is 12.4. The summed E-state index contributed by atoms with van der Waals surface area (Å²) in [6, 6.07) is 26.6. The molecule has 1 heterocycles. The van der Waals surface area contributed by atoms with E-state index >= 15 is 0 Å². The number of hydrogen-bond acceptors (Lipinski definition) is 5. The van der Waals surface area contributed by atoms with Crippen LogP contribution in [-0.2, 0) is 6.54 Å². The molecule has 1 aromatic heterocycles. The average Bonchev–Trinajstić information content (AvgIpc) is 3.27. The highest BCUT2D eigenvalue weighted by Gasteiger charge is 2.08. The van der Waals surface area contributed by atoms with Crippen LogP contribution in [0.2, 0.25) is 0 Å². The fraction of sp³-hybridized carbons (Fsp3) is 0.0870. The molecule has 4 rings (SSSR count). The molecule has 0 fully saturated rings. The summed E-state index contributed by atoms with van der Waals surface area (Å²) in [5, 5.41) is 16.8. The van der Waals surface area contributed by atoms with Crippen LogP contribution in [0, 0.1) is 0 Å². The number of nitrogens with one attached hydrogen (secondary N) is 1. The van der Waals surface area contributed by atoms with Crippen molar-refractivity contribution in [2.75, 3.05) is 0 Å². The average molecular weight is 396 g/mol. The van der Waals surface area contributed by atoms with Crippen LogP contribution in [0.25, 0.3) is 11.4 Å².